The lowest BCUT2D eigenvalue weighted by molar-refractivity contribution is -0.132. The summed E-state index contributed by atoms with van der Waals surface area (Å²) >= 11 is 0. The number of aromatic nitrogens is 2. The standard InChI is InChI=1S/C16H22N4O.ClH/c1-11(2)15(17)16(21)20(3)10-14-18-9-13(19-14)12-7-5-4-6-8-12;/h4-9,11,15H,10,17H2,1-3H3,(H,18,19);1H/t15-;/m0./s1. The van der Waals surface area contributed by atoms with Gasteiger partial charge in [-0.15, -0.1) is 12.4 Å². The van der Waals surface area contributed by atoms with Gasteiger partial charge in [-0.2, -0.15) is 0 Å². The second-order valence-corrected chi connectivity index (χ2v) is 5.57. The number of nitrogens with zero attached hydrogens (tertiary/aromatic N) is 2. The minimum absolute atomic E-state index is 0. The molecule has 3 N–H and O–H groups in total. The number of benzene rings is 1. The Kier molecular flexibility index (Phi) is 6.59. The van der Waals surface area contributed by atoms with Crippen LogP contribution in [0.1, 0.15) is 19.7 Å². The molecule has 5 nitrogen and oxygen atoms in total. The summed E-state index contributed by atoms with van der Waals surface area (Å²) in [6.45, 7) is 4.31. The molecule has 0 spiro atoms. The highest BCUT2D eigenvalue weighted by Gasteiger charge is 2.21. The monoisotopic (exact) mass is 322 g/mol. The van der Waals surface area contributed by atoms with Crippen LogP contribution in [-0.2, 0) is 11.3 Å². The molecule has 0 fully saturated rings. The zero-order valence-corrected chi connectivity index (χ0v) is 13.9. The Labute approximate surface area is 137 Å². The molecule has 0 saturated heterocycles. The molecule has 2 rings (SSSR count). The normalized spacial score (nSPS) is 11.9. The van der Waals surface area contributed by atoms with E-state index in [1.54, 1.807) is 18.1 Å². The van der Waals surface area contributed by atoms with Gasteiger partial charge in [-0.1, -0.05) is 44.2 Å². The number of hydrogen-bond acceptors (Lipinski definition) is 3. The van der Waals surface area contributed by atoms with Gasteiger partial charge in [0.25, 0.3) is 0 Å². The smallest absolute Gasteiger partial charge is 0.239 e. The van der Waals surface area contributed by atoms with Crippen LogP contribution in [0.2, 0.25) is 0 Å². The van der Waals surface area contributed by atoms with E-state index in [2.05, 4.69) is 9.97 Å². The Hall–Kier alpha value is -1.85. The first-order valence-electron chi connectivity index (χ1n) is 7.09. The molecule has 1 aromatic carbocycles. The van der Waals surface area contributed by atoms with Gasteiger partial charge < -0.3 is 15.6 Å². The van der Waals surface area contributed by atoms with Crippen LogP contribution >= 0.6 is 12.4 Å². The summed E-state index contributed by atoms with van der Waals surface area (Å²) in [6, 6.07) is 9.49. The molecule has 0 aliphatic rings. The number of aromatic amines is 1. The van der Waals surface area contributed by atoms with Crippen LogP contribution in [0.15, 0.2) is 36.5 Å². The SMILES string of the molecule is CC(C)[C@H](N)C(=O)N(C)Cc1ncc(-c2ccccc2)[nH]1.Cl. The average Bonchev–Trinajstić information content (AvgIpc) is 2.95. The van der Waals surface area contributed by atoms with E-state index >= 15 is 0 Å². The van der Waals surface area contributed by atoms with Gasteiger partial charge in [0, 0.05) is 7.05 Å². The maximum atomic E-state index is 12.1. The van der Waals surface area contributed by atoms with Crippen LogP contribution in [0.25, 0.3) is 11.3 Å². The quantitative estimate of drug-likeness (QED) is 0.887. The van der Waals surface area contributed by atoms with Crippen molar-refractivity contribution in [1.29, 1.82) is 0 Å². The first kappa shape index (κ1) is 18.2. The third-order valence-corrected chi connectivity index (χ3v) is 3.48. The van der Waals surface area contributed by atoms with Crippen molar-refractivity contribution in [3.05, 3.63) is 42.4 Å². The van der Waals surface area contributed by atoms with E-state index in [4.69, 9.17) is 5.73 Å². The molecule has 22 heavy (non-hydrogen) atoms. The van der Waals surface area contributed by atoms with Gasteiger partial charge in [-0.05, 0) is 11.5 Å². The molecule has 1 amide bonds. The molecular formula is C16H23ClN4O. The number of H-pyrrole nitrogens is 1. The summed E-state index contributed by atoms with van der Waals surface area (Å²) in [7, 11) is 1.75. The number of nitrogens with two attached hydrogens (primary N) is 1. The average molecular weight is 323 g/mol. The lowest BCUT2D eigenvalue weighted by Gasteiger charge is -2.22. The highest BCUT2D eigenvalue weighted by Crippen LogP contribution is 2.16. The Bertz CT molecular complexity index is 597. The van der Waals surface area contributed by atoms with Crippen molar-refractivity contribution in [2.45, 2.75) is 26.4 Å². The fourth-order valence-corrected chi connectivity index (χ4v) is 2.05. The molecule has 0 unspecified atom stereocenters. The largest absolute Gasteiger partial charge is 0.341 e. The highest BCUT2D eigenvalue weighted by molar-refractivity contribution is 5.85. The summed E-state index contributed by atoms with van der Waals surface area (Å²) in [6.07, 6.45) is 1.78. The minimum atomic E-state index is -0.474. The predicted octanol–water partition coefficient (Wildman–Crippen LogP) is 2.44. The van der Waals surface area contributed by atoms with Crippen molar-refractivity contribution in [3.63, 3.8) is 0 Å². The molecule has 0 saturated carbocycles. The van der Waals surface area contributed by atoms with E-state index < -0.39 is 6.04 Å². The van der Waals surface area contributed by atoms with Crippen molar-refractivity contribution >= 4 is 18.3 Å². The predicted molar refractivity (Wildman–Crippen MR) is 90.6 cm³/mol. The number of rotatable bonds is 5. The van der Waals surface area contributed by atoms with Crippen LogP contribution in [0.4, 0.5) is 0 Å². The van der Waals surface area contributed by atoms with Gasteiger partial charge in [-0.25, -0.2) is 4.98 Å². The van der Waals surface area contributed by atoms with Crippen LogP contribution in [0.5, 0.6) is 0 Å². The lowest BCUT2D eigenvalue weighted by Crippen LogP contribution is -2.44. The number of likely N-dealkylation sites (N-methyl/N-ethyl adjacent to an activating group) is 1. The molecule has 6 heteroatoms. The van der Waals surface area contributed by atoms with Gasteiger partial charge >= 0.3 is 0 Å². The lowest BCUT2D eigenvalue weighted by atomic mass is 10.0. The van der Waals surface area contributed by atoms with Crippen molar-refractivity contribution in [2.24, 2.45) is 11.7 Å². The molecule has 0 radical (unpaired) electrons. The number of halogens is 1. The van der Waals surface area contributed by atoms with E-state index in [0.29, 0.717) is 6.54 Å². The number of carbonyl (C=O) groups is 1. The van der Waals surface area contributed by atoms with E-state index in [1.165, 1.54) is 0 Å². The number of hydrogen-bond donors (Lipinski definition) is 2. The highest BCUT2D eigenvalue weighted by atomic mass is 35.5. The second kappa shape index (κ2) is 7.96. The molecule has 0 aliphatic carbocycles. The fraction of sp³-hybridized carbons (Fsp3) is 0.375. The molecule has 0 bridgehead atoms. The Morgan fingerprint density at radius 2 is 1.95 bits per heavy atom. The number of amides is 1. The molecule has 1 atom stereocenters. The first-order chi connectivity index (χ1) is 9.99. The zero-order chi connectivity index (χ0) is 15.4. The number of carbonyl (C=O) groups excluding carboxylic acids is 1. The van der Waals surface area contributed by atoms with Crippen LogP contribution in [0, 0.1) is 5.92 Å². The van der Waals surface area contributed by atoms with Crippen molar-refractivity contribution in [3.8, 4) is 11.3 Å². The summed E-state index contributed by atoms with van der Waals surface area (Å²) in [5.41, 5.74) is 7.91. The van der Waals surface area contributed by atoms with Gasteiger partial charge in [0.05, 0.1) is 24.5 Å². The van der Waals surface area contributed by atoms with Gasteiger partial charge in [0.15, 0.2) is 0 Å². The topological polar surface area (TPSA) is 75.0 Å². The van der Waals surface area contributed by atoms with Gasteiger partial charge in [0.1, 0.15) is 5.82 Å². The molecule has 1 aromatic heterocycles. The summed E-state index contributed by atoms with van der Waals surface area (Å²) < 4.78 is 0. The Morgan fingerprint density at radius 3 is 2.55 bits per heavy atom. The molecule has 2 aromatic rings. The Morgan fingerprint density at radius 1 is 1.32 bits per heavy atom. The van der Waals surface area contributed by atoms with Crippen LogP contribution < -0.4 is 5.73 Å². The maximum Gasteiger partial charge on any atom is 0.239 e. The molecule has 0 aliphatic heterocycles. The van der Waals surface area contributed by atoms with Crippen molar-refractivity contribution in [1.82, 2.24) is 14.9 Å². The van der Waals surface area contributed by atoms with E-state index in [-0.39, 0.29) is 24.2 Å². The second-order valence-electron chi connectivity index (χ2n) is 5.57. The van der Waals surface area contributed by atoms with Crippen molar-refractivity contribution in [2.75, 3.05) is 7.05 Å². The Balaban J connectivity index is 0.00000242. The number of imidazole rings is 1. The maximum absolute atomic E-state index is 12.1. The van der Waals surface area contributed by atoms with Gasteiger partial charge in [0.2, 0.25) is 5.91 Å². The molecule has 1 heterocycles. The van der Waals surface area contributed by atoms with Gasteiger partial charge in [-0.3, -0.25) is 4.79 Å². The summed E-state index contributed by atoms with van der Waals surface area (Å²) in [5, 5.41) is 0. The van der Waals surface area contributed by atoms with E-state index in [9.17, 15) is 4.79 Å². The van der Waals surface area contributed by atoms with E-state index in [0.717, 1.165) is 17.1 Å². The summed E-state index contributed by atoms with van der Waals surface area (Å²) in [5.74, 6) is 0.805. The number of nitrogens with one attached hydrogen (secondary N) is 1. The molecule has 120 valence electrons. The zero-order valence-electron chi connectivity index (χ0n) is 13.1. The third kappa shape index (κ3) is 4.32. The third-order valence-electron chi connectivity index (χ3n) is 3.48. The minimum Gasteiger partial charge on any atom is -0.341 e. The van der Waals surface area contributed by atoms with Crippen LogP contribution in [-0.4, -0.2) is 33.9 Å². The first-order valence-corrected chi connectivity index (χ1v) is 7.09. The fourth-order valence-electron chi connectivity index (χ4n) is 2.05. The summed E-state index contributed by atoms with van der Waals surface area (Å²) in [4.78, 5) is 21.3. The molecular weight excluding hydrogens is 300 g/mol. The van der Waals surface area contributed by atoms with Crippen LogP contribution in [0.3, 0.4) is 0 Å². The van der Waals surface area contributed by atoms with E-state index in [1.807, 2.05) is 44.2 Å². The van der Waals surface area contributed by atoms with Crippen molar-refractivity contribution < 1.29 is 4.79 Å².